The number of ether oxygens (including phenoxy) is 13. The SMILES string of the molecule is COC(=O)N[C@H]1[C@@H](C)O[C@@H](OC2C/C=C(\C)C3C=CC4C(O[C@H]5C[C@@H](O[C@H]6CC[C@@H](O[C@@H]7C[C@@H](O)[C@@H](O[C@H]8CC[C@@H](O)[C@H](C)O8)[C@H](C)O7)[C@H](C)O6)[C@@H](OC(=O)C(C)C)[C@H](C)O5)C(C)CC(C)C4C3(C)/C(O)=C3/C(=O)OC4(CC(C=O)=CC(O)C4/C=C/2C)C3=O)C[C@]1(C)N. The first-order valence-electron chi connectivity index (χ1n) is 33.7. The van der Waals surface area contributed by atoms with Gasteiger partial charge in [-0.2, -0.15) is 0 Å². The second-order valence-electron chi connectivity index (χ2n) is 29.1. The third-order valence-electron chi connectivity index (χ3n) is 21.8. The summed E-state index contributed by atoms with van der Waals surface area (Å²) >= 11 is 0. The fraction of sp³-hybridized carbons (Fsp3) is 0.783. The molecule has 0 aromatic carbocycles. The van der Waals surface area contributed by atoms with Crippen LogP contribution in [0, 0.1) is 46.8 Å². The Bertz CT molecular complexity index is 2900. The summed E-state index contributed by atoms with van der Waals surface area (Å²) in [7, 11) is 1.26. The number of fused-ring (bicyclic) bond motifs is 4. The van der Waals surface area contributed by atoms with Crippen LogP contribution in [0.3, 0.4) is 0 Å². The smallest absolute Gasteiger partial charge is 0.407 e. The molecule has 93 heavy (non-hydrogen) atoms. The molecule has 0 aromatic heterocycles. The monoisotopic (exact) mass is 1310 g/mol. The third-order valence-corrected chi connectivity index (χ3v) is 21.8. The summed E-state index contributed by atoms with van der Waals surface area (Å²) in [5.74, 6) is -6.32. The summed E-state index contributed by atoms with van der Waals surface area (Å²) in [5.41, 5.74) is 3.19. The average Bonchev–Trinajstić information content (AvgIpc) is 1.69. The van der Waals surface area contributed by atoms with E-state index in [0.717, 1.165) is 5.57 Å². The highest BCUT2D eigenvalue weighted by molar-refractivity contribution is 6.26. The number of methoxy groups -OCH3 is 1. The van der Waals surface area contributed by atoms with Crippen molar-refractivity contribution >= 4 is 30.1 Å². The van der Waals surface area contributed by atoms with E-state index in [4.69, 9.17) is 67.3 Å². The van der Waals surface area contributed by atoms with Crippen molar-refractivity contribution in [2.45, 2.75) is 288 Å². The number of nitrogens with one attached hydrogen (secondary N) is 1. The zero-order chi connectivity index (χ0) is 67.5. The zero-order valence-electron chi connectivity index (χ0n) is 56.3. The summed E-state index contributed by atoms with van der Waals surface area (Å²) in [5, 5.41) is 49.5. The number of Topliss-reactive ketones (excluding diaryl/α,β-unsaturated/α-hetero) is 1. The number of aldehydes is 1. The van der Waals surface area contributed by atoms with E-state index in [0.29, 0.717) is 44.0 Å². The molecular formula is C69H102N2O22. The first kappa shape index (κ1) is 71.3. The molecule has 0 radical (unpaired) electrons. The summed E-state index contributed by atoms with van der Waals surface area (Å²) < 4.78 is 82.6. The van der Waals surface area contributed by atoms with Crippen molar-refractivity contribution in [1.82, 2.24) is 5.32 Å². The highest BCUT2D eigenvalue weighted by Crippen LogP contribution is 2.61. The van der Waals surface area contributed by atoms with Crippen molar-refractivity contribution in [3.63, 3.8) is 0 Å². The number of nitrogens with two attached hydrogens (primary N) is 1. The number of allylic oxidation sites excluding steroid dienone is 3. The molecule has 1 saturated carbocycles. The number of aliphatic hydroxyl groups is 4. The number of hydrogen-bond donors (Lipinski definition) is 6. The van der Waals surface area contributed by atoms with Gasteiger partial charge in [-0.25, -0.2) is 9.59 Å². The lowest BCUT2D eigenvalue weighted by atomic mass is 9.49. The standard InChI is InChI=1S/C69H102N2O22/c1-31(2)64(78)92-60-39(10)85-54(27-50(60)89-51-22-20-49(37(8)83-51)88-53-26-47(75)59(38(9)84-53)90-52-21-18-45(73)36(7)82-52)91-58-35(6)23-34(5)57-42(58)16-17-43-32(3)15-19-48(87-55-29-67(12,70)61(40(11)86-55)71-66(80)81-14)33(4)24-44-46(74)25-41(30-72)28-69(44)63(77)56(65(79)93-69)62(76)68(43,57)13/h15-17,24-25,30-31,34-40,42-55,57-61,73-76H,18-23,26-29,70H2,1-14H3,(H,71,80)/b32-15+,33-24+,62-56-/t34?,35?,36-,37-,38-,39-,40+,42?,43?,44?,45+,46?,47+,48?,49+,50+,51-,52-,53+,54-,55-,57?,58?,59-,60-,61-,67-,68?,69?/m0/s1. The number of carbonyl (C=O) groups excluding carboxylic acids is 5. The minimum Gasteiger partial charge on any atom is -0.511 e. The topological polar surface area (TPSA) is 324 Å². The van der Waals surface area contributed by atoms with Gasteiger partial charge >= 0.3 is 18.0 Å². The molecule has 6 aliphatic heterocycles. The summed E-state index contributed by atoms with van der Waals surface area (Å²) in [6, 6.07) is -0.639. The molecule has 7 fully saturated rings. The third kappa shape index (κ3) is 14.4. The Hall–Kier alpha value is -4.51. The minimum absolute atomic E-state index is 0.0475. The zero-order valence-corrected chi connectivity index (χ0v) is 56.3. The van der Waals surface area contributed by atoms with E-state index in [1.165, 1.54) is 13.2 Å². The fourth-order valence-electron chi connectivity index (χ4n) is 16.9. The van der Waals surface area contributed by atoms with Gasteiger partial charge in [0.25, 0.3) is 0 Å². The Morgan fingerprint density at radius 3 is 2.00 bits per heavy atom. The van der Waals surface area contributed by atoms with E-state index in [1.807, 2.05) is 46.8 Å². The Morgan fingerprint density at radius 2 is 1.34 bits per heavy atom. The number of amides is 1. The molecule has 4 aliphatic carbocycles. The van der Waals surface area contributed by atoms with Crippen LogP contribution in [-0.2, 0) is 80.8 Å². The molecule has 6 saturated heterocycles. The second-order valence-corrected chi connectivity index (χ2v) is 29.1. The van der Waals surface area contributed by atoms with Gasteiger partial charge in [0.2, 0.25) is 5.78 Å². The molecule has 10 rings (SSSR count). The number of aliphatic hydroxyl groups excluding tert-OH is 4. The maximum atomic E-state index is 15.6. The van der Waals surface area contributed by atoms with E-state index < -0.39 is 204 Å². The molecular weight excluding hydrogens is 1210 g/mol. The maximum Gasteiger partial charge on any atom is 0.407 e. The highest BCUT2D eigenvalue weighted by Gasteiger charge is 2.65. The van der Waals surface area contributed by atoms with Gasteiger partial charge in [0, 0.05) is 61.3 Å². The van der Waals surface area contributed by atoms with E-state index in [2.05, 4.69) is 25.2 Å². The van der Waals surface area contributed by atoms with Crippen LogP contribution < -0.4 is 11.1 Å². The van der Waals surface area contributed by atoms with Crippen molar-refractivity contribution in [3.8, 4) is 0 Å². The molecule has 520 valence electrons. The quantitative estimate of drug-likeness (QED) is 0.0347. The molecule has 2 bridgehead atoms. The lowest BCUT2D eigenvalue weighted by molar-refractivity contribution is -0.331. The Kier molecular flexibility index (Phi) is 21.9. The normalized spacial score (nSPS) is 48.3. The molecule has 6 heterocycles. The lowest BCUT2D eigenvalue weighted by Gasteiger charge is -2.56. The number of hydrogen-bond acceptors (Lipinski definition) is 23. The van der Waals surface area contributed by atoms with Gasteiger partial charge in [-0.3, -0.25) is 14.4 Å². The predicted octanol–water partition coefficient (Wildman–Crippen LogP) is 6.68. The number of ketones is 1. The first-order valence-corrected chi connectivity index (χ1v) is 33.7. The molecule has 11 unspecified atom stereocenters. The predicted molar refractivity (Wildman–Crippen MR) is 332 cm³/mol. The van der Waals surface area contributed by atoms with Crippen LogP contribution in [-0.4, -0.2) is 192 Å². The molecule has 24 nitrogen and oxygen atoms in total. The molecule has 7 N–H and O–H groups in total. The van der Waals surface area contributed by atoms with Crippen LogP contribution in [0.4, 0.5) is 4.79 Å². The number of carbonyl (C=O) groups is 5. The first-order chi connectivity index (χ1) is 43.9. The van der Waals surface area contributed by atoms with Crippen LogP contribution >= 0.6 is 0 Å². The van der Waals surface area contributed by atoms with Gasteiger partial charge in [-0.15, -0.1) is 0 Å². The number of rotatable bonds is 14. The lowest BCUT2D eigenvalue weighted by Crippen LogP contribution is -2.66. The second kappa shape index (κ2) is 28.5. The van der Waals surface area contributed by atoms with Gasteiger partial charge in [-0.05, 0) is 116 Å². The van der Waals surface area contributed by atoms with Crippen molar-refractivity contribution in [3.05, 3.63) is 58.4 Å². The largest absolute Gasteiger partial charge is 0.511 e. The van der Waals surface area contributed by atoms with Crippen LogP contribution in [0.1, 0.15) is 154 Å². The highest BCUT2D eigenvalue weighted by atomic mass is 16.8. The molecule has 24 heteroatoms. The summed E-state index contributed by atoms with van der Waals surface area (Å²) in [6.07, 6.45) is -1.73. The van der Waals surface area contributed by atoms with Crippen LogP contribution in [0.5, 0.6) is 0 Å². The van der Waals surface area contributed by atoms with Crippen molar-refractivity contribution < 1.29 is 106 Å². The molecule has 0 aromatic rings. The summed E-state index contributed by atoms with van der Waals surface area (Å²) in [4.78, 5) is 68.8. The Balaban J connectivity index is 0.906. The van der Waals surface area contributed by atoms with E-state index in [1.54, 1.807) is 47.6 Å². The molecule has 10 aliphatic rings. The van der Waals surface area contributed by atoms with Crippen LogP contribution in [0.15, 0.2) is 58.4 Å². The maximum absolute atomic E-state index is 15.6. The van der Waals surface area contributed by atoms with Gasteiger partial charge in [0.05, 0.1) is 92.1 Å². The van der Waals surface area contributed by atoms with Crippen molar-refractivity contribution in [2.24, 2.45) is 52.6 Å². The van der Waals surface area contributed by atoms with Crippen molar-refractivity contribution in [2.75, 3.05) is 7.11 Å². The fourth-order valence-corrected chi connectivity index (χ4v) is 16.9. The van der Waals surface area contributed by atoms with Gasteiger partial charge < -0.3 is 93.1 Å². The van der Waals surface area contributed by atoms with Crippen molar-refractivity contribution in [1.29, 1.82) is 0 Å². The average molecular weight is 1310 g/mol. The van der Waals surface area contributed by atoms with Gasteiger partial charge in [0.15, 0.2) is 43.2 Å². The number of esters is 2. The van der Waals surface area contributed by atoms with Gasteiger partial charge in [0.1, 0.15) is 29.8 Å². The molecule has 29 atom stereocenters. The summed E-state index contributed by atoms with van der Waals surface area (Å²) in [6.45, 7) is 24.2. The van der Waals surface area contributed by atoms with Crippen LogP contribution in [0.2, 0.25) is 0 Å². The molecule has 1 amide bonds. The minimum atomic E-state index is -2.13. The Morgan fingerprint density at radius 1 is 0.710 bits per heavy atom. The van der Waals surface area contributed by atoms with E-state index in [9.17, 15) is 39.6 Å². The molecule has 1 spiro atoms. The van der Waals surface area contributed by atoms with E-state index >= 15 is 4.79 Å². The number of alkyl carbamates (subject to hydrolysis) is 1. The van der Waals surface area contributed by atoms with E-state index in [-0.39, 0.29) is 49.5 Å². The van der Waals surface area contributed by atoms with Gasteiger partial charge in [-0.1, -0.05) is 64.5 Å². The Labute approximate surface area is 545 Å². The van der Waals surface area contributed by atoms with Crippen LogP contribution in [0.25, 0.3) is 0 Å².